The average molecular weight is 191 g/mol. The van der Waals surface area contributed by atoms with Crippen LogP contribution in [-0.2, 0) is 4.74 Å². The molecule has 0 saturated carbocycles. The molecule has 0 aromatic heterocycles. The van der Waals surface area contributed by atoms with Gasteiger partial charge in [-0.15, -0.1) is 0 Å². The van der Waals surface area contributed by atoms with Gasteiger partial charge in [-0.25, -0.2) is 4.79 Å². The maximum Gasteiger partial charge on any atom is 0.505 e. The van der Waals surface area contributed by atoms with Crippen LogP contribution in [0.3, 0.4) is 0 Å². The van der Waals surface area contributed by atoms with Gasteiger partial charge in [-0.05, 0) is 32.9 Å². The molecule has 1 aliphatic heterocycles. The Morgan fingerprint density at radius 3 is 2.23 bits per heavy atom. The molecule has 1 aliphatic rings. The molecule has 0 amide bonds. The van der Waals surface area contributed by atoms with Crippen LogP contribution in [0.25, 0.3) is 0 Å². The Morgan fingerprint density at radius 2 is 2.08 bits per heavy atom. The zero-order valence-electron chi connectivity index (χ0n) is 7.82. The lowest BCUT2D eigenvalue weighted by Crippen LogP contribution is -2.30. The number of aliphatic hydroxyl groups is 1. The third-order valence-corrected chi connectivity index (χ3v) is 1.58. The monoisotopic (exact) mass is 191 g/mol. The smallest absolute Gasteiger partial charge is 0.450 e. The largest absolute Gasteiger partial charge is 0.505 e. The topological polar surface area (TPSA) is 78.8 Å². The van der Waals surface area contributed by atoms with Gasteiger partial charge in [0.25, 0.3) is 0 Å². The molecule has 1 fully saturated rings. The minimum atomic E-state index is -1.21. The number of hydrogen-bond donors (Lipinski definition) is 3. The molecule has 0 unspecified atom stereocenters. The summed E-state index contributed by atoms with van der Waals surface area (Å²) < 4.78 is 3.96. The van der Waals surface area contributed by atoms with Crippen molar-refractivity contribution < 1.29 is 19.7 Å². The van der Waals surface area contributed by atoms with E-state index in [1.54, 1.807) is 6.92 Å². The Kier molecular flexibility index (Phi) is 7.33. The van der Waals surface area contributed by atoms with Crippen LogP contribution in [0, 0.1) is 0 Å². The molecule has 1 saturated heterocycles. The van der Waals surface area contributed by atoms with Crippen molar-refractivity contribution in [3.63, 3.8) is 0 Å². The highest BCUT2D eigenvalue weighted by molar-refractivity contribution is 5.56. The predicted molar refractivity (Wildman–Crippen MR) is 47.8 cm³/mol. The van der Waals surface area contributed by atoms with Crippen LogP contribution in [0.4, 0.5) is 4.79 Å². The highest BCUT2D eigenvalue weighted by Gasteiger charge is 2.06. The van der Waals surface area contributed by atoms with Crippen molar-refractivity contribution in [3.05, 3.63) is 0 Å². The Hall–Kier alpha value is -0.810. The lowest BCUT2D eigenvalue weighted by molar-refractivity contribution is 0.0966. The molecule has 78 valence electrons. The van der Waals surface area contributed by atoms with Crippen molar-refractivity contribution in [1.82, 2.24) is 5.32 Å². The van der Waals surface area contributed by atoms with E-state index in [4.69, 9.17) is 10.2 Å². The Labute approximate surface area is 77.7 Å². The van der Waals surface area contributed by atoms with E-state index in [0.717, 1.165) is 25.9 Å². The quantitative estimate of drug-likeness (QED) is 0.524. The number of piperidine rings is 1. The van der Waals surface area contributed by atoms with Crippen LogP contribution < -0.4 is 5.32 Å². The first kappa shape index (κ1) is 12.2. The Balaban J connectivity index is 0.000000226. The molecule has 0 bridgehead atoms. The molecular weight excluding hydrogens is 174 g/mol. The van der Waals surface area contributed by atoms with Crippen molar-refractivity contribution in [2.45, 2.75) is 25.9 Å². The second-order valence-electron chi connectivity index (χ2n) is 2.68. The van der Waals surface area contributed by atoms with Gasteiger partial charge in [0.05, 0.1) is 12.7 Å². The van der Waals surface area contributed by atoms with Crippen LogP contribution in [0.5, 0.6) is 0 Å². The van der Waals surface area contributed by atoms with Crippen molar-refractivity contribution in [3.8, 4) is 0 Å². The first-order valence-corrected chi connectivity index (χ1v) is 4.41. The summed E-state index contributed by atoms with van der Waals surface area (Å²) in [5.41, 5.74) is 0. The van der Waals surface area contributed by atoms with E-state index in [1.165, 1.54) is 0 Å². The number of carbonyl (C=O) groups is 1. The van der Waals surface area contributed by atoms with Gasteiger partial charge in [0, 0.05) is 0 Å². The zero-order chi connectivity index (χ0) is 10.1. The fourth-order valence-electron chi connectivity index (χ4n) is 0.930. The lowest BCUT2D eigenvalue weighted by atomic mass is 10.1. The number of nitrogens with one attached hydrogen (secondary N) is 1. The summed E-state index contributed by atoms with van der Waals surface area (Å²) in [5, 5.41) is 19.7. The molecular formula is C8H17NO4. The number of rotatable bonds is 1. The number of ether oxygens (including phenoxy) is 1. The van der Waals surface area contributed by atoms with Gasteiger partial charge in [-0.2, -0.15) is 0 Å². The summed E-state index contributed by atoms with van der Waals surface area (Å²) in [6.07, 6.45) is 0.624. The van der Waals surface area contributed by atoms with E-state index >= 15 is 0 Å². The summed E-state index contributed by atoms with van der Waals surface area (Å²) in [6, 6.07) is 0. The van der Waals surface area contributed by atoms with Crippen LogP contribution in [0.15, 0.2) is 0 Å². The zero-order valence-corrected chi connectivity index (χ0v) is 7.82. The fourth-order valence-corrected chi connectivity index (χ4v) is 0.930. The predicted octanol–water partition coefficient (Wildman–Crippen LogP) is 0.432. The SMILES string of the molecule is CCOC(=O)O.OC1CCNCC1. The van der Waals surface area contributed by atoms with Gasteiger partial charge in [0.2, 0.25) is 0 Å². The van der Waals surface area contributed by atoms with Crippen molar-refractivity contribution >= 4 is 6.16 Å². The molecule has 5 nitrogen and oxygen atoms in total. The van der Waals surface area contributed by atoms with Gasteiger partial charge in [-0.3, -0.25) is 0 Å². The third kappa shape index (κ3) is 9.10. The molecule has 1 heterocycles. The van der Waals surface area contributed by atoms with E-state index in [0.29, 0.717) is 0 Å². The van der Waals surface area contributed by atoms with E-state index < -0.39 is 6.16 Å². The third-order valence-electron chi connectivity index (χ3n) is 1.58. The second kappa shape index (κ2) is 7.82. The highest BCUT2D eigenvalue weighted by Crippen LogP contribution is 1.99. The first-order valence-electron chi connectivity index (χ1n) is 4.41. The minimum absolute atomic E-state index is 0.0266. The maximum atomic E-state index is 9.38. The van der Waals surface area contributed by atoms with Gasteiger partial charge >= 0.3 is 6.16 Å². The normalized spacial score (nSPS) is 17.1. The van der Waals surface area contributed by atoms with Gasteiger partial charge in [0.15, 0.2) is 0 Å². The average Bonchev–Trinajstić information content (AvgIpc) is 2.06. The van der Waals surface area contributed by atoms with E-state index in [-0.39, 0.29) is 12.7 Å². The highest BCUT2D eigenvalue weighted by atomic mass is 16.7. The van der Waals surface area contributed by atoms with Gasteiger partial charge < -0.3 is 20.3 Å². The van der Waals surface area contributed by atoms with Crippen LogP contribution >= 0.6 is 0 Å². The number of aliphatic hydroxyl groups excluding tert-OH is 1. The summed E-state index contributed by atoms with van der Waals surface area (Å²) >= 11 is 0. The minimum Gasteiger partial charge on any atom is -0.450 e. The molecule has 0 radical (unpaired) electrons. The van der Waals surface area contributed by atoms with Gasteiger partial charge in [-0.1, -0.05) is 0 Å². The van der Waals surface area contributed by atoms with Crippen molar-refractivity contribution in [1.29, 1.82) is 0 Å². The standard InChI is InChI=1S/C5H11NO.C3H6O3/c7-5-1-3-6-4-2-5;1-2-6-3(4)5/h5-7H,1-4H2;2H2,1H3,(H,4,5). The van der Waals surface area contributed by atoms with Crippen LogP contribution in [0.2, 0.25) is 0 Å². The lowest BCUT2D eigenvalue weighted by Gasteiger charge is -2.16. The van der Waals surface area contributed by atoms with E-state index in [9.17, 15) is 4.79 Å². The van der Waals surface area contributed by atoms with Crippen molar-refractivity contribution in [2.24, 2.45) is 0 Å². The molecule has 0 aromatic rings. The Morgan fingerprint density at radius 1 is 1.54 bits per heavy atom. The summed E-state index contributed by atoms with van der Waals surface area (Å²) in [5.74, 6) is 0. The molecule has 3 N–H and O–H groups in total. The van der Waals surface area contributed by atoms with Crippen molar-refractivity contribution in [2.75, 3.05) is 19.7 Å². The van der Waals surface area contributed by atoms with Crippen LogP contribution in [0.1, 0.15) is 19.8 Å². The molecule has 13 heavy (non-hydrogen) atoms. The summed E-state index contributed by atoms with van der Waals surface area (Å²) in [6.45, 7) is 3.83. The summed E-state index contributed by atoms with van der Waals surface area (Å²) in [4.78, 5) is 9.38. The van der Waals surface area contributed by atoms with E-state index in [2.05, 4.69) is 10.1 Å². The number of hydrogen-bond acceptors (Lipinski definition) is 4. The fraction of sp³-hybridized carbons (Fsp3) is 0.875. The number of carboxylic acid groups (broad SMARTS) is 1. The molecule has 5 heteroatoms. The first-order chi connectivity index (χ1) is 6.16. The Bertz CT molecular complexity index is 134. The molecule has 1 rings (SSSR count). The summed E-state index contributed by atoms with van der Waals surface area (Å²) in [7, 11) is 0. The molecule has 0 aromatic carbocycles. The second-order valence-corrected chi connectivity index (χ2v) is 2.68. The molecule has 0 spiro atoms. The van der Waals surface area contributed by atoms with E-state index in [1.807, 2.05) is 0 Å². The van der Waals surface area contributed by atoms with Gasteiger partial charge in [0.1, 0.15) is 0 Å². The molecule has 0 aliphatic carbocycles. The van der Waals surface area contributed by atoms with Crippen LogP contribution in [-0.4, -0.2) is 42.2 Å². The maximum absolute atomic E-state index is 9.38. The molecule has 0 atom stereocenters.